The molecule has 0 aromatic carbocycles. The van der Waals surface area contributed by atoms with E-state index in [-0.39, 0.29) is 0 Å². The van der Waals surface area contributed by atoms with Gasteiger partial charge in [-0.3, -0.25) is 0 Å². The van der Waals surface area contributed by atoms with E-state index < -0.39 is 12.1 Å². The first-order valence-corrected chi connectivity index (χ1v) is 12.9. The van der Waals surface area contributed by atoms with Crippen LogP contribution in [0.15, 0.2) is 0 Å². The minimum absolute atomic E-state index is 0.802. The Kier molecular flexibility index (Phi) is 26.0. The lowest BCUT2D eigenvalue weighted by Crippen LogP contribution is -2.26. The number of hydrogen-bond acceptors (Lipinski definition) is 3. The normalized spacial score (nSPS) is 13.0. The van der Waals surface area contributed by atoms with Crippen molar-refractivity contribution in [3.63, 3.8) is 0 Å². The van der Waals surface area contributed by atoms with Gasteiger partial charge in [0.15, 0.2) is 0 Å². The van der Waals surface area contributed by atoms with E-state index >= 15 is 0 Å². The second-order valence-electron chi connectivity index (χ2n) is 9.13. The lowest BCUT2D eigenvalue weighted by molar-refractivity contribution is -0.145. The van der Waals surface area contributed by atoms with Crippen LogP contribution >= 0.6 is 0 Å². The van der Waals surface area contributed by atoms with Crippen LogP contribution in [0.3, 0.4) is 0 Å². The van der Waals surface area contributed by atoms with Gasteiger partial charge in [-0.05, 0) is 33.9 Å². The second kappa shape index (κ2) is 24.7. The number of carboxylic acids is 1. The Labute approximate surface area is 188 Å². The summed E-state index contributed by atoms with van der Waals surface area (Å²) >= 11 is 0. The smallest absolute Gasteiger partial charge is 0.332 e. The SMILES string of the molecule is CC(O)C(=O)O.CCCCCCCCCCCCCCCCCCC(CC)N(C)C. The van der Waals surface area contributed by atoms with Gasteiger partial charge in [-0.2, -0.15) is 0 Å². The number of hydrogen-bond donors (Lipinski definition) is 2. The Morgan fingerprint density at radius 3 is 1.23 bits per heavy atom. The number of aliphatic hydroxyl groups excluding tert-OH is 1. The highest BCUT2D eigenvalue weighted by Gasteiger charge is 2.07. The Morgan fingerprint density at radius 1 is 0.700 bits per heavy atom. The molecule has 4 nitrogen and oxygen atoms in total. The van der Waals surface area contributed by atoms with E-state index in [0.717, 1.165) is 6.04 Å². The van der Waals surface area contributed by atoms with Gasteiger partial charge in [-0.1, -0.05) is 117 Å². The van der Waals surface area contributed by atoms with E-state index in [4.69, 9.17) is 10.2 Å². The topological polar surface area (TPSA) is 60.8 Å². The molecule has 0 aliphatic rings. The molecule has 0 aliphatic carbocycles. The first kappa shape index (κ1) is 31.6. The summed E-state index contributed by atoms with van der Waals surface area (Å²) < 4.78 is 0. The third-order valence-electron chi connectivity index (χ3n) is 5.95. The van der Waals surface area contributed by atoms with E-state index in [1.807, 2.05) is 0 Å². The van der Waals surface area contributed by atoms with Gasteiger partial charge in [0.25, 0.3) is 0 Å². The van der Waals surface area contributed by atoms with Gasteiger partial charge in [0, 0.05) is 6.04 Å². The zero-order valence-corrected chi connectivity index (χ0v) is 21.1. The lowest BCUT2D eigenvalue weighted by atomic mass is 10.0. The number of carboxylic acid groups (broad SMARTS) is 1. The van der Waals surface area contributed by atoms with E-state index in [2.05, 4.69) is 32.8 Å². The first-order valence-electron chi connectivity index (χ1n) is 12.9. The third-order valence-corrected chi connectivity index (χ3v) is 5.95. The number of aliphatic hydroxyl groups is 1. The minimum Gasteiger partial charge on any atom is -0.479 e. The molecular weight excluding hydrogens is 374 g/mol. The van der Waals surface area contributed by atoms with Crippen LogP contribution in [0.2, 0.25) is 0 Å². The van der Waals surface area contributed by atoms with Crippen molar-refractivity contribution < 1.29 is 15.0 Å². The van der Waals surface area contributed by atoms with Crippen LogP contribution in [0.5, 0.6) is 0 Å². The van der Waals surface area contributed by atoms with Crippen LogP contribution in [0.4, 0.5) is 0 Å². The molecule has 0 saturated carbocycles. The molecule has 0 spiro atoms. The van der Waals surface area contributed by atoms with Crippen molar-refractivity contribution in [2.24, 2.45) is 0 Å². The molecular formula is C26H55NO3. The highest BCUT2D eigenvalue weighted by atomic mass is 16.4. The van der Waals surface area contributed by atoms with Gasteiger partial charge in [-0.15, -0.1) is 0 Å². The predicted molar refractivity (Wildman–Crippen MR) is 131 cm³/mol. The van der Waals surface area contributed by atoms with Crippen LogP contribution in [-0.4, -0.2) is 47.3 Å². The fraction of sp³-hybridized carbons (Fsp3) is 0.962. The Morgan fingerprint density at radius 2 is 1.00 bits per heavy atom. The number of nitrogens with zero attached hydrogens (tertiary/aromatic N) is 1. The van der Waals surface area contributed by atoms with Gasteiger partial charge >= 0.3 is 5.97 Å². The molecule has 2 N–H and O–H groups in total. The monoisotopic (exact) mass is 429 g/mol. The molecule has 0 rings (SSSR count). The Bertz CT molecular complexity index is 345. The molecule has 2 atom stereocenters. The van der Waals surface area contributed by atoms with Crippen molar-refractivity contribution in [2.45, 2.75) is 148 Å². The number of unbranched alkanes of at least 4 members (excludes halogenated alkanes) is 15. The van der Waals surface area contributed by atoms with Crippen LogP contribution in [0.25, 0.3) is 0 Å². The van der Waals surface area contributed by atoms with Crippen molar-refractivity contribution in [1.82, 2.24) is 4.90 Å². The van der Waals surface area contributed by atoms with Crippen molar-refractivity contribution in [3.8, 4) is 0 Å². The van der Waals surface area contributed by atoms with Gasteiger partial charge < -0.3 is 15.1 Å². The highest BCUT2D eigenvalue weighted by molar-refractivity contribution is 5.71. The van der Waals surface area contributed by atoms with Crippen LogP contribution in [-0.2, 0) is 4.79 Å². The second-order valence-corrected chi connectivity index (χ2v) is 9.13. The van der Waals surface area contributed by atoms with Crippen molar-refractivity contribution >= 4 is 5.97 Å². The lowest BCUT2D eigenvalue weighted by Gasteiger charge is -2.22. The zero-order valence-electron chi connectivity index (χ0n) is 21.1. The highest BCUT2D eigenvalue weighted by Crippen LogP contribution is 2.15. The summed E-state index contributed by atoms with van der Waals surface area (Å²) in [6.07, 6.45) is 24.8. The molecule has 0 aliphatic heterocycles. The maximum absolute atomic E-state index is 9.45. The first-order chi connectivity index (χ1) is 14.4. The van der Waals surface area contributed by atoms with Crippen LogP contribution in [0, 0.1) is 0 Å². The van der Waals surface area contributed by atoms with Gasteiger partial charge in [0.2, 0.25) is 0 Å². The number of aliphatic carboxylic acids is 1. The molecule has 0 amide bonds. The average molecular weight is 430 g/mol. The summed E-state index contributed by atoms with van der Waals surface area (Å²) in [7, 11) is 4.45. The summed E-state index contributed by atoms with van der Waals surface area (Å²) in [6, 6.07) is 0.802. The largest absolute Gasteiger partial charge is 0.479 e. The molecule has 0 heterocycles. The van der Waals surface area contributed by atoms with Gasteiger partial charge in [-0.25, -0.2) is 4.79 Å². The molecule has 2 unspecified atom stereocenters. The van der Waals surface area contributed by atoms with Crippen LogP contribution < -0.4 is 0 Å². The van der Waals surface area contributed by atoms with Crippen LogP contribution in [0.1, 0.15) is 136 Å². The summed E-state index contributed by atoms with van der Waals surface area (Å²) in [4.78, 5) is 11.8. The van der Waals surface area contributed by atoms with E-state index in [0.29, 0.717) is 0 Å². The average Bonchev–Trinajstić information content (AvgIpc) is 2.70. The summed E-state index contributed by atoms with van der Waals surface area (Å²) in [5.74, 6) is -1.19. The molecule has 30 heavy (non-hydrogen) atoms. The molecule has 0 fully saturated rings. The molecule has 182 valence electrons. The van der Waals surface area contributed by atoms with Crippen molar-refractivity contribution in [3.05, 3.63) is 0 Å². The fourth-order valence-corrected chi connectivity index (χ4v) is 3.76. The quantitative estimate of drug-likeness (QED) is 0.197. The molecule has 0 saturated heterocycles. The van der Waals surface area contributed by atoms with Crippen molar-refractivity contribution in [2.75, 3.05) is 14.1 Å². The maximum atomic E-state index is 9.45. The molecule has 0 aromatic heterocycles. The molecule has 0 aromatic rings. The number of rotatable bonds is 20. The zero-order chi connectivity index (χ0) is 23.0. The van der Waals surface area contributed by atoms with E-state index in [1.54, 1.807) is 0 Å². The molecule has 4 heteroatoms. The predicted octanol–water partition coefficient (Wildman–Crippen LogP) is 7.43. The number of carbonyl (C=O) groups is 1. The van der Waals surface area contributed by atoms with Crippen molar-refractivity contribution in [1.29, 1.82) is 0 Å². The van der Waals surface area contributed by atoms with E-state index in [1.165, 1.54) is 122 Å². The van der Waals surface area contributed by atoms with Gasteiger partial charge in [0.1, 0.15) is 6.10 Å². The maximum Gasteiger partial charge on any atom is 0.332 e. The Balaban J connectivity index is 0. The summed E-state index contributed by atoms with van der Waals surface area (Å²) in [6.45, 7) is 5.81. The fourth-order valence-electron chi connectivity index (χ4n) is 3.76. The minimum atomic E-state index is -1.23. The van der Waals surface area contributed by atoms with Gasteiger partial charge in [0.05, 0.1) is 0 Å². The Hall–Kier alpha value is -0.610. The summed E-state index contributed by atoms with van der Waals surface area (Å²) in [5.41, 5.74) is 0. The van der Waals surface area contributed by atoms with E-state index in [9.17, 15) is 4.79 Å². The molecule has 0 bridgehead atoms. The summed E-state index contributed by atoms with van der Waals surface area (Å²) in [5, 5.41) is 15.8. The standard InChI is InChI=1S/C23H49N.C3H6O3/c1-5-7-8-9-10-11-12-13-14-15-16-17-18-19-20-21-22-23(6-2)24(3)4;1-2(4)3(5)6/h23H,5-22H2,1-4H3;2,4H,1H3,(H,5,6). The molecule has 0 radical (unpaired) electrons. The third kappa shape index (κ3) is 25.4.